The maximum atomic E-state index is 12.1. The summed E-state index contributed by atoms with van der Waals surface area (Å²) < 4.78 is 12.1. The van der Waals surface area contributed by atoms with Gasteiger partial charge in [0, 0.05) is 5.69 Å². The lowest BCUT2D eigenvalue weighted by Crippen LogP contribution is -2.01. The average molecular weight is 272 g/mol. The minimum Gasteiger partial charge on any atom is -0.398 e. The van der Waals surface area contributed by atoms with E-state index < -0.39 is 10.8 Å². The van der Waals surface area contributed by atoms with Crippen LogP contribution in [-0.2, 0) is 16.6 Å². The fourth-order valence-corrected chi connectivity index (χ4v) is 3.82. The van der Waals surface area contributed by atoms with Crippen molar-refractivity contribution in [2.24, 2.45) is 0 Å². The summed E-state index contributed by atoms with van der Waals surface area (Å²) in [5, 5.41) is 4.40. The molecule has 1 heterocycles. The number of hydrogen-bond donors (Lipinski definition) is 1. The summed E-state index contributed by atoms with van der Waals surface area (Å²) in [7, 11) is -1.19. The summed E-state index contributed by atoms with van der Waals surface area (Å²) >= 11 is 7.58. The SMILES string of the molecule is Nc1cccc(Cl)c1S(=O)Cc1ccsc1. The van der Waals surface area contributed by atoms with Crippen molar-refractivity contribution in [3.8, 4) is 0 Å². The fraction of sp³-hybridized carbons (Fsp3) is 0.0909. The first-order valence-electron chi connectivity index (χ1n) is 4.62. The Bertz CT molecular complexity index is 490. The molecule has 0 spiro atoms. The normalized spacial score (nSPS) is 12.6. The molecule has 1 aromatic heterocycles. The molecule has 0 saturated carbocycles. The van der Waals surface area contributed by atoms with E-state index in [4.69, 9.17) is 17.3 Å². The van der Waals surface area contributed by atoms with Crippen molar-refractivity contribution in [3.63, 3.8) is 0 Å². The summed E-state index contributed by atoms with van der Waals surface area (Å²) in [6, 6.07) is 7.13. The van der Waals surface area contributed by atoms with Gasteiger partial charge in [-0.25, -0.2) is 0 Å². The van der Waals surface area contributed by atoms with Crippen LogP contribution in [0.2, 0.25) is 5.02 Å². The first-order chi connectivity index (χ1) is 7.68. The average Bonchev–Trinajstić information content (AvgIpc) is 2.70. The van der Waals surface area contributed by atoms with E-state index in [9.17, 15) is 4.21 Å². The van der Waals surface area contributed by atoms with E-state index in [1.54, 1.807) is 29.5 Å². The number of nitrogens with two attached hydrogens (primary N) is 1. The molecule has 2 N–H and O–H groups in total. The third kappa shape index (κ3) is 2.45. The molecule has 1 aromatic carbocycles. The summed E-state index contributed by atoms with van der Waals surface area (Å²) in [6.07, 6.45) is 0. The Balaban J connectivity index is 2.28. The molecule has 0 bridgehead atoms. The predicted octanol–water partition coefficient (Wildman–Crippen LogP) is 3.29. The molecule has 0 saturated heterocycles. The minimum atomic E-state index is -1.19. The molecule has 5 heteroatoms. The second-order valence-corrected chi connectivity index (χ2v) is 5.85. The Morgan fingerprint density at radius 1 is 1.38 bits per heavy atom. The summed E-state index contributed by atoms with van der Waals surface area (Å²) in [5.74, 6) is 0.456. The Hall–Kier alpha value is -0.840. The lowest BCUT2D eigenvalue weighted by Gasteiger charge is -2.06. The Kier molecular flexibility index (Phi) is 3.63. The molecule has 0 fully saturated rings. The van der Waals surface area contributed by atoms with Crippen LogP contribution in [-0.4, -0.2) is 4.21 Å². The van der Waals surface area contributed by atoms with Gasteiger partial charge in [-0.05, 0) is 34.5 Å². The second kappa shape index (κ2) is 4.99. The molecule has 1 unspecified atom stereocenters. The van der Waals surface area contributed by atoms with Crippen molar-refractivity contribution in [1.82, 2.24) is 0 Å². The van der Waals surface area contributed by atoms with Gasteiger partial charge in [0.25, 0.3) is 0 Å². The van der Waals surface area contributed by atoms with Crippen LogP contribution in [0.5, 0.6) is 0 Å². The van der Waals surface area contributed by atoms with Crippen LogP contribution >= 0.6 is 22.9 Å². The first kappa shape index (κ1) is 11.6. The van der Waals surface area contributed by atoms with Crippen LogP contribution in [0.1, 0.15) is 5.56 Å². The zero-order chi connectivity index (χ0) is 11.5. The van der Waals surface area contributed by atoms with E-state index in [1.165, 1.54) is 0 Å². The molecule has 2 aromatic rings. The van der Waals surface area contributed by atoms with E-state index in [1.807, 2.05) is 16.8 Å². The highest BCUT2D eigenvalue weighted by atomic mass is 35.5. The molecule has 2 rings (SSSR count). The van der Waals surface area contributed by atoms with Crippen molar-refractivity contribution in [2.75, 3.05) is 5.73 Å². The van der Waals surface area contributed by atoms with Crippen molar-refractivity contribution < 1.29 is 4.21 Å². The Morgan fingerprint density at radius 3 is 2.81 bits per heavy atom. The van der Waals surface area contributed by atoms with E-state index in [0.29, 0.717) is 21.4 Å². The van der Waals surface area contributed by atoms with Crippen LogP contribution < -0.4 is 5.73 Å². The third-order valence-corrected chi connectivity index (χ3v) is 4.77. The smallest absolute Gasteiger partial charge is 0.0806 e. The lowest BCUT2D eigenvalue weighted by molar-refractivity contribution is 0.683. The van der Waals surface area contributed by atoms with Crippen molar-refractivity contribution in [2.45, 2.75) is 10.6 Å². The van der Waals surface area contributed by atoms with Crippen LogP contribution in [0, 0.1) is 0 Å². The number of thiophene rings is 1. The minimum absolute atomic E-state index is 0.456. The summed E-state index contributed by atoms with van der Waals surface area (Å²) in [5.41, 5.74) is 7.31. The zero-order valence-electron chi connectivity index (χ0n) is 8.35. The molecule has 0 amide bonds. The second-order valence-electron chi connectivity index (χ2n) is 3.28. The highest BCUT2D eigenvalue weighted by molar-refractivity contribution is 7.84. The van der Waals surface area contributed by atoms with Gasteiger partial charge in [0.15, 0.2) is 0 Å². The van der Waals surface area contributed by atoms with Crippen molar-refractivity contribution in [1.29, 1.82) is 0 Å². The monoisotopic (exact) mass is 271 g/mol. The highest BCUT2D eigenvalue weighted by Crippen LogP contribution is 2.27. The summed E-state index contributed by atoms with van der Waals surface area (Å²) in [6.45, 7) is 0. The molecule has 0 aliphatic carbocycles. The number of halogens is 1. The Morgan fingerprint density at radius 2 is 2.19 bits per heavy atom. The number of nitrogen functional groups attached to an aromatic ring is 1. The maximum absolute atomic E-state index is 12.1. The predicted molar refractivity (Wildman–Crippen MR) is 70.3 cm³/mol. The van der Waals surface area contributed by atoms with Crippen LogP contribution in [0.15, 0.2) is 39.9 Å². The molecular formula is C11H10ClNOS2. The Labute approximate surface area is 106 Å². The van der Waals surface area contributed by atoms with Crippen LogP contribution in [0.25, 0.3) is 0 Å². The molecule has 16 heavy (non-hydrogen) atoms. The van der Waals surface area contributed by atoms with E-state index >= 15 is 0 Å². The van der Waals surface area contributed by atoms with E-state index in [0.717, 1.165) is 5.56 Å². The van der Waals surface area contributed by atoms with Gasteiger partial charge in [0.2, 0.25) is 0 Å². The molecule has 0 aliphatic heterocycles. The van der Waals surface area contributed by atoms with Gasteiger partial charge in [-0.1, -0.05) is 17.7 Å². The fourth-order valence-electron chi connectivity index (χ4n) is 1.36. The van der Waals surface area contributed by atoms with Gasteiger partial charge in [0.05, 0.1) is 26.5 Å². The van der Waals surface area contributed by atoms with Crippen molar-refractivity contribution >= 4 is 39.4 Å². The van der Waals surface area contributed by atoms with E-state index in [2.05, 4.69) is 0 Å². The van der Waals surface area contributed by atoms with Gasteiger partial charge in [-0.2, -0.15) is 11.3 Å². The van der Waals surface area contributed by atoms with Crippen LogP contribution in [0.4, 0.5) is 5.69 Å². The molecule has 1 atom stereocenters. The van der Waals surface area contributed by atoms with Crippen LogP contribution in [0.3, 0.4) is 0 Å². The van der Waals surface area contributed by atoms with Gasteiger partial charge >= 0.3 is 0 Å². The van der Waals surface area contributed by atoms with Gasteiger partial charge < -0.3 is 5.73 Å². The van der Waals surface area contributed by atoms with Gasteiger partial charge in [-0.3, -0.25) is 4.21 Å². The zero-order valence-corrected chi connectivity index (χ0v) is 10.7. The summed E-state index contributed by atoms with van der Waals surface area (Å²) in [4.78, 5) is 0.537. The lowest BCUT2D eigenvalue weighted by atomic mass is 10.3. The van der Waals surface area contributed by atoms with Gasteiger partial charge in [0.1, 0.15) is 0 Å². The molecular weight excluding hydrogens is 262 g/mol. The number of benzene rings is 1. The number of hydrogen-bond acceptors (Lipinski definition) is 3. The molecule has 0 radical (unpaired) electrons. The third-order valence-electron chi connectivity index (χ3n) is 2.10. The largest absolute Gasteiger partial charge is 0.398 e. The number of rotatable bonds is 3. The van der Waals surface area contributed by atoms with Gasteiger partial charge in [-0.15, -0.1) is 0 Å². The standard InChI is InChI=1S/C11H10ClNOS2/c12-9-2-1-3-10(13)11(9)16(14)7-8-4-5-15-6-8/h1-6H,7,13H2. The molecule has 84 valence electrons. The maximum Gasteiger partial charge on any atom is 0.0806 e. The molecule has 2 nitrogen and oxygen atoms in total. The molecule has 0 aliphatic rings. The van der Waals surface area contributed by atoms with E-state index in [-0.39, 0.29) is 0 Å². The number of anilines is 1. The van der Waals surface area contributed by atoms with Crippen molar-refractivity contribution in [3.05, 3.63) is 45.6 Å². The highest BCUT2D eigenvalue weighted by Gasteiger charge is 2.12. The first-order valence-corrected chi connectivity index (χ1v) is 7.26. The topological polar surface area (TPSA) is 43.1 Å². The quantitative estimate of drug-likeness (QED) is 0.871.